The van der Waals surface area contributed by atoms with Crippen LogP contribution in [0.1, 0.15) is 25.7 Å². The lowest BCUT2D eigenvalue weighted by molar-refractivity contribution is 0.126. The molecule has 7 nitrogen and oxygen atoms in total. The maximum absolute atomic E-state index is 9.93. The molecule has 2 atom stereocenters. The minimum Gasteiger partial charge on any atom is -0.393 e. The smallest absolute Gasteiger partial charge is 0.180 e. The first kappa shape index (κ1) is 11.9. The van der Waals surface area contributed by atoms with Crippen LogP contribution in [0.25, 0.3) is 5.65 Å². The van der Waals surface area contributed by atoms with E-state index in [9.17, 15) is 5.11 Å². The van der Waals surface area contributed by atoms with Gasteiger partial charge in [0, 0.05) is 24.5 Å². The lowest BCUT2D eigenvalue weighted by Gasteiger charge is -2.38. The zero-order valence-electron chi connectivity index (χ0n) is 11.1. The zero-order valence-corrected chi connectivity index (χ0v) is 11.1. The molecule has 106 valence electrons. The third-order valence-corrected chi connectivity index (χ3v) is 4.46. The first-order chi connectivity index (χ1) is 9.76. The molecule has 20 heavy (non-hydrogen) atoms. The average molecular weight is 274 g/mol. The van der Waals surface area contributed by atoms with Gasteiger partial charge >= 0.3 is 0 Å². The Labute approximate surface area is 116 Å². The monoisotopic (exact) mass is 274 g/mol. The molecule has 2 aromatic rings. The second-order valence-corrected chi connectivity index (χ2v) is 5.67. The molecule has 2 unspecified atom stereocenters. The van der Waals surface area contributed by atoms with Gasteiger partial charge in [0.15, 0.2) is 17.3 Å². The Morgan fingerprint density at radius 2 is 2.05 bits per heavy atom. The van der Waals surface area contributed by atoms with Crippen LogP contribution in [0, 0.1) is 0 Å². The number of hydrazine groups is 1. The zero-order chi connectivity index (χ0) is 13.7. The predicted octanol–water partition coefficient (Wildman–Crippen LogP) is 0.507. The van der Waals surface area contributed by atoms with Crippen molar-refractivity contribution < 1.29 is 5.11 Å². The van der Waals surface area contributed by atoms with Crippen LogP contribution in [0.4, 0.5) is 11.6 Å². The number of aliphatic hydroxyl groups is 1. The fourth-order valence-corrected chi connectivity index (χ4v) is 3.65. The molecule has 0 radical (unpaired) electrons. The maximum atomic E-state index is 9.93. The van der Waals surface area contributed by atoms with Gasteiger partial charge in [0.1, 0.15) is 0 Å². The van der Waals surface area contributed by atoms with Crippen molar-refractivity contribution in [3.63, 3.8) is 0 Å². The van der Waals surface area contributed by atoms with E-state index in [2.05, 4.69) is 20.3 Å². The molecule has 0 aromatic carbocycles. The third-order valence-electron chi connectivity index (χ3n) is 4.46. The van der Waals surface area contributed by atoms with E-state index in [0.29, 0.717) is 17.9 Å². The van der Waals surface area contributed by atoms with Crippen LogP contribution in [0.3, 0.4) is 0 Å². The van der Waals surface area contributed by atoms with Crippen molar-refractivity contribution in [2.24, 2.45) is 5.84 Å². The number of rotatable bonds is 2. The van der Waals surface area contributed by atoms with Crippen LogP contribution in [0.15, 0.2) is 18.6 Å². The summed E-state index contributed by atoms with van der Waals surface area (Å²) >= 11 is 0. The number of nitrogen functional groups attached to an aromatic ring is 1. The molecule has 2 fully saturated rings. The summed E-state index contributed by atoms with van der Waals surface area (Å²) in [6, 6.07) is 0.703. The summed E-state index contributed by atoms with van der Waals surface area (Å²) in [6.07, 6.45) is 9.13. The summed E-state index contributed by atoms with van der Waals surface area (Å²) in [7, 11) is 0. The summed E-state index contributed by atoms with van der Waals surface area (Å²) in [5.74, 6) is 7.00. The number of hydrogen-bond acceptors (Lipinski definition) is 6. The van der Waals surface area contributed by atoms with Crippen LogP contribution in [0.2, 0.25) is 0 Å². The SMILES string of the molecule is NNc1cn2ccnc2c(N2C3CCC2CC(O)C3)n1. The second-order valence-electron chi connectivity index (χ2n) is 5.67. The minimum atomic E-state index is -0.185. The number of hydrogen-bond donors (Lipinski definition) is 3. The Morgan fingerprint density at radius 1 is 1.30 bits per heavy atom. The second kappa shape index (κ2) is 4.32. The highest BCUT2D eigenvalue weighted by atomic mass is 16.3. The van der Waals surface area contributed by atoms with E-state index in [1.165, 1.54) is 0 Å². The van der Waals surface area contributed by atoms with Crippen LogP contribution >= 0.6 is 0 Å². The summed E-state index contributed by atoms with van der Waals surface area (Å²) in [5, 5.41) is 9.93. The van der Waals surface area contributed by atoms with Gasteiger partial charge < -0.3 is 19.8 Å². The van der Waals surface area contributed by atoms with Crippen molar-refractivity contribution in [2.75, 3.05) is 10.3 Å². The van der Waals surface area contributed by atoms with Gasteiger partial charge in [-0.1, -0.05) is 0 Å². The molecule has 2 bridgehead atoms. The minimum absolute atomic E-state index is 0.185. The molecule has 0 saturated carbocycles. The van der Waals surface area contributed by atoms with Crippen molar-refractivity contribution in [1.82, 2.24) is 14.4 Å². The standard InChI is InChI=1S/C13H18N6O/c14-17-11-7-18-4-3-15-12(18)13(16-11)19-8-1-2-9(19)6-10(20)5-8/h3-4,7-10,17,20H,1-2,5-6,14H2. The van der Waals surface area contributed by atoms with Gasteiger partial charge in [-0.25, -0.2) is 15.8 Å². The number of piperidine rings is 1. The molecule has 4 rings (SSSR count). The van der Waals surface area contributed by atoms with Crippen molar-refractivity contribution in [3.05, 3.63) is 18.6 Å². The number of nitrogens with one attached hydrogen (secondary N) is 1. The van der Waals surface area contributed by atoms with Gasteiger partial charge in [-0.05, 0) is 25.7 Å². The molecule has 0 spiro atoms. The molecule has 4 N–H and O–H groups in total. The molecule has 0 amide bonds. The Balaban J connectivity index is 1.83. The van der Waals surface area contributed by atoms with E-state index in [-0.39, 0.29) is 6.10 Å². The summed E-state index contributed by atoms with van der Waals surface area (Å²) in [5.41, 5.74) is 3.46. The predicted molar refractivity (Wildman–Crippen MR) is 75.3 cm³/mol. The number of imidazole rings is 1. The Hall–Kier alpha value is -1.86. The van der Waals surface area contributed by atoms with Gasteiger partial charge in [0.25, 0.3) is 0 Å². The van der Waals surface area contributed by atoms with E-state index in [1.807, 2.05) is 16.8 Å². The van der Waals surface area contributed by atoms with Gasteiger partial charge in [-0.2, -0.15) is 0 Å². The Morgan fingerprint density at radius 3 is 2.75 bits per heavy atom. The summed E-state index contributed by atoms with van der Waals surface area (Å²) < 4.78 is 1.93. The van der Waals surface area contributed by atoms with E-state index in [1.54, 1.807) is 6.20 Å². The van der Waals surface area contributed by atoms with Crippen LogP contribution < -0.4 is 16.2 Å². The van der Waals surface area contributed by atoms with Crippen molar-refractivity contribution in [2.45, 2.75) is 43.9 Å². The molecule has 2 aliphatic rings. The van der Waals surface area contributed by atoms with Crippen LogP contribution in [-0.2, 0) is 0 Å². The number of aliphatic hydroxyl groups excluding tert-OH is 1. The molecular weight excluding hydrogens is 256 g/mol. The van der Waals surface area contributed by atoms with E-state index in [4.69, 9.17) is 5.84 Å². The third kappa shape index (κ3) is 1.66. The molecule has 2 aromatic heterocycles. The number of anilines is 2. The highest BCUT2D eigenvalue weighted by Crippen LogP contribution is 2.40. The van der Waals surface area contributed by atoms with Crippen molar-refractivity contribution in [3.8, 4) is 0 Å². The number of nitrogens with two attached hydrogens (primary N) is 1. The molecular formula is C13H18N6O. The Bertz CT molecular complexity index is 627. The molecule has 7 heteroatoms. The maximum Gasteiger partial charge on any atom is 0.180 e. The lowest BCUT2D eigenvalue weighted by Crippen LogP contribution is -2.45. The van der Waals surface area contributed by atoms with Crippen molar-refractivity contribution >= 4 is 17.3 Å². The largest absolute Gasteiger partial charge is 0.393 e. The Kier molecular flexibility index (Phi) is 2.58. The van der Waals surface area contributed by atoms with Gasteiger partial charge in [-0.3, -0.25) is 0 Å². The quantitative estimate of drug-likeness (QED) is 0.546. The normalized spacial score (nSPS) is 29.1. The van der Waals surface area contributed by atoms with E-state index >= 15 is 0 Å². The van der Waals surface area contributed by atoms with Gasteiger partial charge in [0.2, 0.25) is 0 Å². The summed E-state index contributed by atoms with van der Waals surface area (Å²) in [6.45, 7) is 0. The fraction of sp³-hybridized carbons (Fsp3) is 0.538. The highest BCUT2D eigenvalue weighted by molar-refractivity contribution is 5.68. The molecule has 4 heterocycles. The van der Waals surface area contributed by atoms with Crippen LogP contribution in [0.5, 0.6) is 0 Å². The van der Waals surface area contributed by atoms with Gasteiger partial charge in [-0.15, -0.1) is 0 Å². The topological polar surface area (TPSA) is 91.7 Å². The van der Waals surface area contributed by atoms with Crippen LogP contribution in [-0.4, -0.2) is 37.7 Å². The van der Waals surface area contributed by atoms with Crippen molar-refractivity contribution in [1.29, 1.82) is 0 Å². The lowest BCUT2D eigenvalue weighted by atomic mass is 10.00. The summed E-state index contributed by atoms with van der Waals surface area (Å²) in [4.78, 5) is 11.3. The molecule has 2 aliphatic heterocycles. The molecule has 2 saturated heterocycles. The first-order valence-corrected chi connectivity index (χ1v) is 7.03. The van der Waals surface area contributed by atoms with E-state index < -0.39 is 0 Å². The average Bonchev–Trinajstić information content (AvgIpc) is 3.01. The fourth-order valence-electron chi connectivity index (χ4n) is 3.65. The highest BCUT2D eigenvalue weighted by Gasteiger charge is 2.41. The number of nitrogens with zero attached hydrogens (tertiary/aromatic N) is 4. The number of fused-ring (bicyclic) bond motifs is 3. The van der Waals surface area contributed by atoms with Gasteiger partial charge in [0.05, 0.1) is 12.3 Å². The van der Waals surface area contributed by atoms with E-state index in [0.717, 1.165) is 37.1 Å². The number of aromatic nitrogens is 3. The first-order valence-electron chi connectivity index (χ1n) is 7.03. The molecule has 0 aliphatic carbocycles.